The Morgan fingerprint density at radius 3 is 1.82 bits per heavy atom. The third kappa shape index (κ3) is 10.2. The predicted molar refractivity (Wildman–Crippen MR) is 147 cm³/mol. The van der Waals surface area contributed by atoms with Gasteiger partial charge in [0.1, 0.15) is 0 Å². The fourth-order valence-corrected chi connectivity index (χ4v) is 5.16. The van der Waals surface area contributed by atoms with Gasteiger partial charge in [-0.3, -0.25) is 0 Å². The Kier molecular flexibility index (Phi) is 12.5. The molecule has 0 unspecified atom stereocenters. The van der Waals surface area contributed by atoms with Gasteiger partial charge in [0.2, 0.25) is 0 Å². The summed E-state index contributed by atoms with van der Waals surface area (Å²) in [5.74, 6) is 1.79. The molecule has 0 amide bonds. The molecule has 0 bridgehead atoms. The molecule has 0 heterocycles. The fraction of sp³-hybridized carbons (Fsp3) is 0.576. The summed E-state index contributed by atoms with van der Waals surface area (Å²) < 4.78 is 5.63. The second-order valence-electron chi connectivity index (χ2n) is 10.4. The third-order valence-electron chi connectivity index (χ3n) is 7.44. The van der Waals surface area contributed by atoms with Gasteiger partial charge in [0.05, 0.1) is 6.61 Å². The summed E-state index contributed by atoms with van der Waals surface area (Å²) in [5.41, 5.74) is 5.74. The first-order chi connectivity index (χ1) is 16.8. The number of benzene rings is 2. The summed E-state index contributed by atoms with van der Waals surface area (Å²) in [6.45, 7) is 6.00. The minimum atomic E-state index is 0.738. The van der Waals surface area contributed by atoms with Crippen molar-refractivity contribution >= 4 is 0 Å². The van der Waals surface area contributed by atoms with Gasteiger partial charge < -0.3 is 4.74 Å². The molecule has 1 aliphatic carbocycles. The summed E-state index contributed by atoms with van der Waals surface area (Å²) in [6, 6.07) is 18.5. The highest BCUT2D eigenvalue weighted by Gasteiger charge is 2.19. The maximum atomic E-state index is 5.63. The topological polar surface area (TPSA) is 9.23 Å². The minimum absolute atomic E-state index is 0.738. The summed E-state index contributed by atoms with van der Waals surface area (Å²) in [4.78, 5) is 0. The van der Waals surface area contributed by atoms with Gasteiger partial charge >= 0.3 is 0 Å². The van der Waals surface area contributed by atoms with Crippen molar-refractivity contribution in [3.63, 3.8) is 0 Å². The van der Waals surface area contributed by atoms with Gasteiger partial charge in [-0.15, -0.1) is 0 Å². The largest absolute Gasteiger partial charge is 0.377 e. The van der Waals surface area contributed by atoms with E-state index in [1.165, 1.54) is 99.3 Å². The molecule has 2 aromatic rings. The van der Waals surface area contributed by atoms with Crippen molar-refractivity contribution in [3.8, 4) is 0 Å². The van der Waals surface area contributed by atoms with Crippen LogP contribution < -0.4 is 0 Å². The Morgan fingerprint density at radius 2 is 1.26 bits per heavy atom. The van der Waals surface area contributed by atoms with Crippen molar-refractivity contribution in [2.45, 2.75) is 104 Å². The molecule has 1 heteroatoms. The SMILES string of the molecule is CCCC=CC1CCC(CCc2ccc(CCCCc3ccc(COCCC)cc3)cc2)CC1. The van der Waals surface area contributed by atoms with Crippen molar-refractivity contribution in [2.75, 3.05) is 6.61 Å². The van der Waals surface area contributed by atoms with Crippen molar-refractivity contribution in [2.24, 2.45) is 11.8 Å². The zero-order valence-corrected chi connectivity index (χ0v) is 21.9. The summed E-state index contributed by atoms with van der Waals surface area (Å²) >= 11 is 0. The molecule has 1 nitrogen and oxygen atoms in total. The van der Waals surface area contributed by atoms with Gasteiger partial charge in [-0.1, -0.05) is 81.0 Å². The number of hydrogen-bond acceptors (Lipinski definition) is 1. The molecule has 0 aliphatic heterocycles. The highest BCUT2D eigenvalue weighted by atomic mass is 16.5. The lowest BCUT2D eigenvalue weighted by molar-refractivity contribution is 0.121. The van der Waals surface area contributed by atoms with Crippen LogP contribution in [0, 0.1) is 11.8 Å². The minimum Gasteiger partial charge on any atom is -0.377 e. The molecule has 186 valence electrons. The van der Waals surface area contributed by atoms with Crippen LogP contribution in [0.4, 0.5) is 0 Å². The molecule has 0 aromatic heterocycles. The van der Waals surface area contributed by atoms with Gasteiger partial charge in [-0.2, -0.15) is 0 Å². The molecule has 3 rings (SSSR count). The summed E-state index contributed by atoms with van der Waals surface area (Å²) in [6.07, 6.45) is 21.7. The van der Waals surface area contributed by atoms with E-state index in [1.54, 1.807) is 0 Å². The molecular formula is C33H48O. The van der Waals surface area contributed by atoms with Crippen LogP contribution in [0.2, 0.25) is 0 Å². The predicted octanol–water partition coefficient (Wildman–Crippen LogP) is 9.27. The highest BCUT2D eigenvalue weighted by molar-refractivity contribution is 5.24. The van der Waals surface area contributed by atoms with Crippen molar-refractivity contribution in [1.29, 1.82) is 0 Å². The maximum Gasteiger partial charge on any atom is 0.0716 e. The molecule has 0 spiro atoms. The second kappa shape index (κ2) is 15.9. The van der Waals surface area contributed by atoms with Crippen LogP contribution in [0.1, 0.15) is 100 Å². The fourth-order valence-electron chi connectivity index (χ4n) is 5.16. The number of ether oxygens (including phenoxy) is 1. The summed E-state index contributed by atoms with van der Waals surface area (Å²) in [5, 5.41) is 0. The van der Waals surface area contributed by atoms with E-state index < -0.39 is 0 Å². The van der Waals surface area contributed by atoms with Crippen molar-refractivity contribution in [3.05, 3.63) is 82.9 Å². The lowest BCUT2D eigenvalue weighted by atomic mass is 9.79. The molecule has 1 aliphatic rings. The zero-order valence-electron chi connectivity index (χ0n) is 21.9. The van der Waals surface area contributed by atoms with E-state index in [1.807, 2.05) is 0 Å². The molecular weight excluding hydrogens is 412 g/mol. The standard InChI is InChI=1S/C33H48O/c1-3-5-6-9-28-12-16-31(17-13-28)20-21-32-18-14-29(15-19-32)10-7-8-11-30-22-24-33(25-23-30)27-34-26-4-2/h6,9,14-15,18-19,22-25,28,31H,3-5,7-8,10-13,16-17,20-21,26-27H2,1-2H3. The molecule has 1 saturated carbocycles. The van der Waals surface area contributed by atoms with Crippen molar-refractivity contribution < 1.29 is 4.74 Å². The normalized spacial score (nSPS) is 18.5. The van der Waals surface area contributed by atoms with Crippen LogP contribution in [0.5, 0.6) is 0 Å². The molecule has 0 atom stereocenters. The maximum absolute atomic E-state index is 5.63. The van der Waals surface area contributed by atoms with E-state index in [0.29, 0.717) is 0 Å². The highest BCUT2D eigenvalue weighted by Crippen LogP contribution is 2.32. The third-order valence-corrected chi connectivity index (χ3v) is 7.44. The second-order valence-corrected chi connectivity index (χ2v) is 10.4. The average molecular weight is 461 g/mol. The van der Waals surface area contributed by atoms with Crippen LogP contribution in [0.3, 0.4) is 0 Å². The Bertz CT molecular complexity index is 793. The van der Waals surface area contributed by atoms with Gasteiger partial charge in [0.15, 0.2) is 0 Å². The quantitative estimate of drug-likeness (QED) is 0.190. The van der Waals surface area contributed by atoms with E-state index in [-0.39, 0.29) is 0 Å². The number of aryl methyl sites for hydroxylation is 3. The molecule has 34 heavy (non-hydrogen) atoms. The van der Waals surface area contributed by atoms with Gasteiger partial charge in [0, 0.05) is 6.61 Å². The number of unbranched alkanes of at least 4 members (excludes halogenated alkanes) is 2. The van der Waals surface area contributed by atoms with Crippen LogP contribution in [-0.2, 0) is 30.6 Å². The van der Waals surface area contributed by atoms with Gasteiger partial charge in [-0.25, -0.2) is 0 Å². The summed E-state index contributed by atoms with van der Waals surface area (Å²) in [7, 11) is 0. The zero-order chi connectivity index (χ0) is 23.8. The lowest BCUT2D eigenvalue weighted by Gasteiger charge is -2.26. The Morgan fingerprint density at radius 1 is 0.706 bits per heavy atom. The van der Waals surface area contributed by atoms with Crippen molar-refractivity contribution in [1.82, 2.24) is 0 Å². The van der Waals surface area contributed by atoms with Gasteiger partial charge in [-0.05, 0) is 111 Å². The number of hydrogen-bond donors (Lipinski definition) is 0. The van der Waals surface area contributed by atoms with Crippen LogP contribution in [0.15, 0.2) is 60.7 Å². The van der Waals surface area contributed by atoms with E-state index in [9.17, 15) is 0 Å². The van der Waals surface area contributed by atoms with E-state index in [0.717, 1.165) is 31.5 Å². The average Bonchev–Trinajstić information content (AvgIpc) is 2.88. The molecule has 1 fully saturated rings. The van der Waals surface area contributed by atoms with Crippen LogP contribution >= 0.6 is 0 Å². The van der Waals surface area contributed by atoms with Crippen LogP contribution in [-0.4, -0.2) is 6.61 Å². The number of rotatable bonds is 15. The number of allylic oxidation sites excluding steroid dienone is 2. The molecule has 0 N–H and O–H groups in total. The smallest absolute Gasteiger partial charge is 0.0716 e. The monoisotopic (exact) mass is 460 g/mol. The molecule has 0 radical (unpaired) electrons. The van der Waals surface area contributed by atoms with E-state index in [2.05, 4.69) is 74.5 Å². The van der Waals surface area contributed by atoms with Crippen LogP contribution in [0.25, 0.3) is 0 Å². The molecule has 0 saturated heterocycles. The van der Waals surface area contributed by atoms with E-state index in [4.69, 9.17) is 4.74 Å². The Hall–Kier alpha value is -1.86. The first kappa shape index (κ1) is 26.7. The van der Waals surface area contributed by atoms with Gasteiger partial charge in [0.25, 0.3) is 0 Å². The lowest BCUT2D eigenvalue weighted by Crippen LogP contribution is -2.13. The first-order valence-corrected chi connectivity index (χ1v) is 14.2. The Labute approximate surface area is 210 Å². The Balaban J connectivity index is 1.28. The molecule has 2 aromatic carbocycles. The first-order valence-electron chi connectivity index (χ1n) is 14.2. The van der Waals surface area contributed by atoms with E-state index >= 15 is 0 Å².